The normalized spacial score (nSPS) is 30.1. The molecule has 3 unspecified atom stereocenters. The van der Waals surface area contributed by atoms with Gasteiger partial charge in [-0.1, -0.05) is 6.42 Å². The topological polar surface area (TPSA) is 51.8 Å². The number of morpholine rings is 1. The van der Waals surface area contributed by atoms with Gasteiger partial charge in [0.05, 0.1) is 33.0 Å². The molecule has 20 heavy (non-hydrogen) atoms. The fourth-order valence-corrected chi connectivity index (χ4v) is 3.15. The summed E-state index contributed by atoms with van der Waals surface area (Å²) in [4.78, 5) is 0. The van der Waals surface area contributed by atoms with Gasteiger partial charge in [-0.25, -0.2) is 0 Å². The lowest BCUT2D eigenvalue weighted by Crippen LogP contribution is -2.51. The first-order valence-corrected chi connectivity index (χ1v) is 7.53. The van der Waals surface area contributed by atoms with Crippen LogP contribution in [-0.2, 0) is 14.2 Å². The van der Waals surface area contributed by atoms with Gasteiger partial charge >= 0.3 is 0 Å². The molecule has 0 aromatic heterocycles. The highest BCUT2D eigenvalue weighted by molar-refractivity contribution is 5.85. The lowest BCUT2D eigenvalue weighted by Gasteiger charge is -2.33. The summed E-state index contributed by atoms with van der Waals surface area (Å²) >= 11 is 0. The van der Waals surface area contributed by atoms with Gasteiger partial charge in [0.25, 0.3) is 0 Å². The fraction of sp³-hybridized carbons (Fsp3) is 1.00. The van der Waals surface area contributed by atoms with Crippen LogP contribution in [0.1, 0.15) is 19.3 Å². The van der Waals surface area contributed by atoms with Crippen molar-refractivity contribution in [2.24, 2.45) is 5.92 Å². The smallest absolute Gasteiger partial charge is 0.0700 e. The van der Waals surface area contributed by atoms with Crippen molar-refractivity contribution in [3.05, 3.63) is 0 Å². The van der Waals surface area contributed by atoms with E-state index in [0.717, 1.165) is 32.9 Å². The summed E-state index contributed by atoms with van der Waals surface area (Å²) in [5.41, 5.74) is 0. The molecule has 0 aromatic rings. The number of hydrogen-bond donors (Lipinski definition) is 2. The standard InChI is InChI=1S/C14H28N2O3.ClH/c1-17-9-10-18-7-5-15-13-4-2-3-12(13)14-11-19-8-6-16-14;/h12-16H,2-11H2,1H3;1H. The Morgan fingerprint density at radius 2 is 2.15 bits per heavy atom. The predicted octanol–water partition coefficient (Wildman–Crippen LogP) is 0.818. The number of halogens is 1. The Morgan fingerprint density at radius 1 is 1.25 bits per heavy atom. The Labute approximate surface area is 128 Å². The molecule has 0 aromatic carbocycles. The maximum absolute atomic E-state index is 5.58. The first-order chi connectivity index (χ1) is 9.42. The van der Waals surface area contributed by atoms with E-state index in [-0.39, 0.29) is 12.4 Å². The van der Waals surface area contributed by atoms with Gasteiger partial charge < -0.3 is 24.8 Å². The minimum atomic E-state index is 0. The molecule has 2 aliphatic rings. The monoisotopic (exact) mass is 308 g/mol. The molecule has 6 heteroatoms. The van der Waals surface area contributed by atoms with Crippen molar-refractivity contribution < 1.29 is 14.2 Å². The molecule has 3 atom stereocenters. The third-order valence-electron chi connectivity index (χ3n) is 4.12. The van der Waals surface area contributed by atoms with Crippen LogP contribution < -0.4 is 10.6 Å². The van der Waals surface area contributed by atoms with Crippen molar-refractivity contribution in [3.8, 4) is 0 Å². The number of methoxy groups -OCH3 is 1. The van der Waals surface area contributed by atoms with E-state index in [4.69, 9.17) is 14.2 Å². The fourth-order valence-electron chi connectivity index (χ4n) is 3.15. The number of ether oxygens (including phenoxy) is 3. The lowest BCUT2D eigenvalue weighted by molar-refractivity contribution is 0.0497. The highest BCUT2D eigenvalue weighted by Gasteiger charge is 2.34. The van der Waals surface area contributed by atoms with Gasteiger partial charge in [0.15, 0.2) is 0 Å². The molecule has 2 rings (SSSR count). The summed E-state index contributed by atoms with van der Waals surface area (Å²) in [6.07, 6.45) is 3.91. The highest BCUT2D eigenvalue weighted by atomic mass is 35.5. The second kappa shape index (κ2) is 10.8. The van der Waals surface area contributed by atoms with Crippen LogP contribution in [0.3, 0.4) is 0 Å². The van der Waals surface area contributed by atoms with E-state index in [0.29, 0.717) is 31.2 Å². The number of nitrogens with one attached hydrogen (secondary N) is 2. The van der Waals surface area contributed by atoms with E-state index in [1.165, 1.54) is 19.3 Å². The van der Waals surface area contributed by atoms with Gasteiger partial charge in [0.1, 0.15) is 0 Å². The van der Waals surface area contributed by atoms with Crippen LogP contribution >= 0.6 is 12.4 Å². The van der Waals surface area contributed by atoms with Crippen molar-refractivity contribution in [1.29, 1.82) is 0 Å². The van der Waals surface area contributed by atoms with Crippen LogP contribution in [0.5, 0.6) is 0 Å². The largest absolute Gasteiger partial charge is 0.382 e. The van der Waals surface area contributed by atoms with Gasteiger partial charge in [0, 0.05) is 32.3 Å². The lowest BCUT2D eigenvalue weighted by atomic mass is 9.94. The van der Waals surface area contributed by atoms with Gasteiger partial charge in [-0.05, 0) is 18.8 Å². The predicted molar refractivity (Wildman–Crippen MR) is 81.7 cm³/mol. The molecule has 1 heterocycles. The molecule has 1 aliphatic carbocycles. The Balaban J connectivity index is 0.00000200. The van der Waals surface area contributed by atoms with E-state index >= 15 is 0 Å². The molecule has 2 fully saturated rings. The Bertz CT molecular complexity index is 240. The van der Waals surface area contributed by atoms with Crippen molar-refractivity contribution >= 4 is 12.4 Å². The summed E-state index contributed by atoms with van der Waals surface area (Å²) < 4.78 is 16.0. The Morgan fingerprint density at radius 3 is 2.90 bits per heavy atom. The zero-order valence-corrected chi connectivity index (χ0v) is 13.3. The van der Waals surface area contributed by atoms with Gasteiger partial charge in [0.2, 0.25) is 0 Å². The summed E-state index contributed by atoms with van der Waals surface area (Å²) in [6.45, 7) is 5.77. The molecule has 0 spiro atoms. The molecular formula is C14H29ClN2O3. The second-order valence-electron chi connectivity index (χ2n) is 5.40. The maximum atomic E-state index is 5.58. The quantitative estimate of drug-likeness (QED) is 0.650. The SMILES string of the molecule is COCCOCCNC1CCCC1C1COCCN1.Cl. The molecule has 0 amide bonds. The van der Waals surface area contributed by atoms with Crippen LogP contribution in [-0.4, -0.2) is 65.3 Å². The molecule has 1 aliphatic heterocycles. The van der Waals surface area contributed by atoms with Crippen LogP contribution in [0.4, 0.5) is 0 Å². The second-order valence-corrected chi connectivity index (χ2v) is 5.40. The summed E-state index contributed by atoms with van der Waals surface area (Å²) in [5, 5.41) is 7.24. The van der Waals surface area contributed by atoms with Gasteiger partial charge in [-0.15, -0.1) is 12.4 Å². The molecule has 120 valence electrons. The first kappa shape index (κ1) is 18.1. The molecule has 0 bridgehead atoms. The summed E-state index contributed by atoms with van der Waals surface area (Å²) in [7, 11) is 1.70. The third-order valence-corrected chi connectivity index (χ3v) is 4.12. The molecular weight excluding hydrogens is 280 g/mol. The number of rotatable bonds is 8. The Hall–Kier alpha value is 0.0900. The molecule has 1 saturated carbocycles. The van der Waals surface area contributed by atoms with Crippen molar-refractivity contribution in [2.75, 3.05) is 53.2 Å². The van der Waals surface area contributed by atoms with E-state index in [2.05, 4.69) is 10.6 Å². The van der Waals surface area contributed by atoms with Gasteiger partial charge in [-0.3, -0.25) is 0 Å². The minimum absolute atomic E-state index is 0. The van der Waals surface area contributed by atoms with Gasteiger partial charge in [-0.2, -0.15) is 0 Å². The Kier molecular flexibility index (Phi) is 9.76. The van der Waals surface area contributed by atoms with Crippen LogP contribution in [0.15, 0.2) is 0 Å². The van der Waals surface area contributed by atoms with Crippen LogP contribution in [0, 0.1) is 5.92 Å². The average Bonchev–Trinajstić information content (AvgIpc) is 2.92. The molecule has 0 radical (unpaired) electrons. The number of hydrogen-bond acceptors (Lipinski definition) is 5. The third kappa shape index (κ3) is 5.84. The zero-order valence-electron chi connectivity index (χ0n) is 12.4. The first-order valence-electron chi connectivity index (χ1n) is 7.53. The van der Waals surface area contributed by atoms with Crippen molar-refractivity contribution in [3.63, 3.8) is 0 Å². The summed E-state index contributed by atoms with van der Waals surface area (Å²) in [5.74, 6) is 0.708. The highest BCUT2D eigenvalue weighted by Crippen LogP contribution is 2.29. The molecule has 5 nitrogen and oxygen atoms in total. The maximum Gasteiger partial charge on any atom is 0.0700 e. The molecule has 2 N–H and O–H groups in total. The van der Waals surface area contributed by atoms with E-state index in [1.807, 2.05) is 0 Å². The van der Waals surface area contributed by atoms with Crippen LogP contribution in [0.25, 0.3) is 0 Å². The summed E-state index contributed by atoms with van der Waals surface area (Å²) in [6, 6.07) is 1.15. The van der Waals surface area contributed by atoms with Crippen LogP contribution in [0.2, 0.25) is 0 Å². The van der Waals surface area contributed by atoms with E-state index in [9.17, 15) is 0 Å². The molecule has 1 saturated heterocycles. The minimum Gasteiger partial charge on any atom is -0.382 e. The zero-order chi connectivity index (χ0) is 13.3. The van der Waals surface area contributed by atoms with Crippen molar-refractivity contribution in [1.82, 2.24) is 10.6 Å². The van der Waals surface area contributed by atoms with Crippen molar-refractivity contribution in [2.45, 2.75) is 31.3 Å². The average molecular weight is 309 g/mol. The van der Waals surface area contributed by atoms with E-state index < -0.39 is 0 Å². The van der Waals surface area contributed by atoms with E-state index in [1.54, 1.807) is 7.11 Å².